The lowest BCUT2D eigenvalue weighted by molar-refractivity contribution is -0.391. The van der Waals surface area contributed by atoms with E-state index < -0.39 is 23.7 Å². The van der Waals surface area contributed by atoms with Gasteiger partial charge in [-0.3, -0.25) is 4.79 Å². The third kappa shape index (κ3) is 6.31. The largest absolute Gasteiger partial charge is 0.507 e. The van der Waals surface area contributed by atoms with Gasteiger partial charge in [-0.2, -0.15) is 17.6 Å². The van der Waals surface area contributed by atoms with E-state index >= 15 is 0 Å². The molecule has 7 nitrogen and oxygen atoms in total. The molecular formula is C25H28F4N2O5. The number of halogens is 4. The first-order chi connectivity index (χ1) is 17.1. The molecule has 1 fully saturated rings. The summed E-state index contributed by atoms with van der Waals surface area (Å²) >= 11 is 0. The van der Waals surface area contributed by atoms with Gasteiger partial charge in [0.25, 0.3) is 0 Å². The van der Waals surface area contributed by atoms with Crippen LogP contribution in [0.2, 0.25) is 0 Å². The van der Waals surface area contributed by atoms with Crippen molar-refractivity contribution in [2.24, 2.45) is 0 Å². The highest BCUT2D eigenvalue weighted by atomic mass is 19.3. The maximum atomic E-state index is 13.6. The highest BCUT2D eigenvalue weighted by Crippen LogP contribution is 2.47. The molecule has 0 aliphatic carbocycles. The molecule has 0 bridgehead atoms. The Hall–Kier alpha value is -3.21. The van der Waals surface area contributed by atoms with Crippen LogP contribution >= 0.6 is 0 Å². The van der Waals surface area contributed by atoms with Crippen LogP contribution < -0.4 is 24.3 Å². The molecule has 4 rings (SSSR count). The number of amides is 1. The second kappa shape index (κ2) is 10.8. The van der Waals surface area contributed by atoms with E-state index in [-0.39, 0.29) is 25.0 Å². The molecule has 1 atom stereocenters. The zero-order chi connectivity index (χ0) is 25.8. The molecule has 196 valence electrons. The lowest BCUT2D eigenvalue weighted by Crippen LogP contribution is -2.52. The van der Waals surface area contributed by atoms with E-state index in [0.717, 1.165) is 25.9 Å². The minimum atomic E-state index is -4.79. The number of methoxy groups -OCH3 is 1. The maximum Gasteiger partial charge on any atom is 0.507 e. The summed E-state index contributed by atoms with van der Waals surface area (Å²) in [5.74, 6) is 0.141. The summed E-state index contributed by atoms with van der Waals surface area (Å²) in [4.78, 5) is 14.9. The van der Waals surface area contributed by atoms with Crippen LogP contribution in [0.15, 0.2) is 42.5 Å². The van der Waals surface area contributed by atoms with Crippen LogP contribution in [0.5, 0.6) is 23.0 Å². The molecule has 0 radical (unpaired) electrons. The van der Waals surface area contributed by atoms with Crippen molar-refractivity contribution in [2.45, 2.75) is 43.9 Å². The molecule has 0 aromatic heterocycles. The lowest BCUT2D eigenvalue weighted by atomic mass is 10.0. The molecule has 1 saturated heterocycles. The van der Waals surface area contributed by atoms with Gasteiger partial charge < -0.3 is 29.2 Å². The Morgan fingerprint density at radius 3 is 2.31 bits per heavy atom. The van der Waals surface area contributed by atoms with Gasteiger partial charge in [0.2, 0.25) is 5.91 Å². The Kier molecular flexibility index (Phi) is 7.77. The number of rotatable bonds is 10. The quantitative estimate of drug-likeness (QED) is 0.481. The SMILES string of the molecule is COc1ccc(OCCC(=O)NC(Cc2ccc3c(c2)OC(F)(F)C(F)(F)O3)CN2CCCC2)cc1. The number of likely N-dealkylation sites (tertiary alicyclic amines) is 1. The molecular weight excluding hydrogens is 484 g/mol. The molecule has 0 saturated carbocycles. The first-order valence-corrected chi connectivity index (χ1v) is 11.7. The number of fused-ring (bicyclic) bond motifs is 1. The molecule has 2 aromatic carbocycles. The molecule has 2 aliphatic rings. The summed E-state index contributed by atoms with van der Waals surface area (Å²) in [6.07, 6.45) is -7.02. The van der Waals surface area contributed by atoms with E-state index in [0.29, 0.717) is 30.0 Å². The van der Waals surface area contributed by atoms with Gasteiger partial charge in [0.05, 0.1) is 20.1 Å². The van der Waals surface area contributed by atoms with E-state index in [1.165, 1.54) is 18.2 Å². The molecule has 1 N–H and O–H groups in total. The van der Waals surface area contributed by atoms with E-state index in [1.807, 2.05) is 0 Å². The van der Waals surface area contributed by atoms with Gasteiger partial charge in [-0.1, -0.05) is 6.07 Å². The lowest BCUT2D eigenvalue weighted by Gasteiger charge is -2.32. The third-order valence-corrected chi connectivity index (χ3v) is 6.01. The van der Waals surface area contributed by atoms with Crippen LogP contribution in [0.3, 0.4) is 0 Å². The minimum Gasteiger partial charge on any atom is -0.497 e. The number of hydrogen-bond donors (Lipinski definition) is 1. The second-order valence-corrected chi connectivity index (χ2v) is 8.77. The van der Waals surface area contributed by atoms with Crippen LogP contribution in [-0.4, -0.2) is 62.4 Å². The fourth-order valence-corrected chi connectivity index (χ4v) is 4.19. The predicted octanol–water partition coefficient (Wildman–Crippen LogP) is 4.24. The maximum absolute atomic E-state index is 13.6. The van der Waals surface area contributed by atoms with Crippen molar-refractivity contribution >= 4 is 5.91 Å². The van der Waals surface area contributed by atoms with Crippen LogP contribution in [-0.2, 0) is 11.2 Å². The van der Waals surface area contributed by atoms with E-state index in [9.17, 15) is 22.4 Å². The van der Waals surface area contributed by atoms with Crippen molar-refractivity contribution < 1.29 is 41.3 Å². The van der Waals surface area contributed by atoms with Gasteiger partial charge in [0.15, 0.2) is 11.5 Å². The highest BCUT2D eigenvalue weighted by molar-refractivity contribution is 5.76. The van der Waals surface area contributed by atoms with Crippen LogP contribution in [0, 0.1) is 0 Å². The molecule has 2 aromatic rings. The normalized spacial score (nSPS) is 18.9. The molecule has 1 amide bonds. The number of hydrogen-bond acceptors (Lipinski definition) is 6. The minimum absolute atomic E-state index is 0.116. The number of carbonyl (C=O) groups is 1. The van der Waals surface area contributed by atoms with Crippen molar-refractivity contribution in [3.63, 3.8) is 0 Å². The first kappa shape index (κ1) is 25.9. The van der Waals surface area contributed by atoms with Gasteiger partial charge >= 0.3 is 12.2 Å². The van der Waals surface area contributed by atoms with Gasteiger partial charge in [0.1, 0.15) is 11.5 Å². The van der Waals surface area contributed by atoms with E-state index in [4.69, 9.17) is 9.47 Å². The monoisotopic (exact) mass is 512 g/mol. The number of carbonyl (C=O) groups excluding carboxylic acids is 1. The standard InChI is InChI=1S/C25H28F4N2O5/c1-33-19-5-7-20(8-6-19)34-13-10-23(32)30-18(16-31-11-2-3-12-31)14-17-4-9-21-22(15-17)36-25(28,29)24(26,27)35-21/h4-9,15,18H,2-3,10-14,16H2,1H3,(H,30,32). The smallest absolute Gasteiger partial charge is 0.497 e. The van der Waals surface area contributed by atoms with Crippen molar-refractivity contribution in [3.8, 4) is 23.0 Å². The van der Waals surface area contributed by atoms with Crippen molar-refractivity contribution in [3.05, 3.63) is 48.0 Å². The topological polar surface area (TPSA) is 69.3 Å². The zero-order valence-corrected chi connectivity index (χ0v) is 19.8. The second-order valence-electron chi connectivity index (χ2n) is 8.77. The number of nitrogens with zero attached hydrogens (tertiary/aromatic N) is 1. The summed E-state index contributed by atoms with van der Waals surface area (Å²) in [5.41, 5.74) is 0.539. The Morgan fingerprint density at radius 2 is 1.64 bits per heavy atom. The van der Waals surface area contributed by atoms with Crippen LogP contribution in [0.4, 0.5) is 17.6 Å². The van der Waals surface area contributed by atoms with E-state index in [1.54, 1.807) is 31.4 Å². The van der Waals surface area contributed by atoms with Crippen LogP contribution in [0.25, 0.3) is 0 Å². The van der Waals surface area contributed by atoms with Crippen molar-refractivity contribution in [2.75, 3.05) is 33.4 Å². The molecule has 2 aliphatic heterocycles. The summed E-state index contributed by atoms with van der Waals surface area (Å²) in [6.45, 7) is 2.53. The average Bonchev–Trinajstić information content (AvgIpc) is 3.33. The van der Waals surface area contributed by atoms with E-state index in [2.05, 4.69) is 19.7 Å². The predicted molar refractivity (Wildman–Crippen MR) is 122 cm³/mol. The fourth-order valence-electron chi connectivity index (χ4n) is 4.19. The number of nitrogens with one attached hydrogen (secondary N) is 1. The molecule has 36 heavy (non-hydrogen) atoms. The molecule has 2 heterocycles. The van der Waals surface area contributed by atoms with Gasteiger partial charge in [0, 0.05) is 12.6 Å². The van der Waals surface area contributed by atoms with Gasteiger partial charge in [-0.25, -0.2) is 0 Å². The zero-order valence-electron chi connectivity index (χ0n) is 19.8. The fraction of sp³-hybridized carbons (Fsp3) is 0.480. The van der Waals surface area contributed by atoms with Crippen LogP contribution in [0.1, 0.15) is 24.8 Å². The van der Waals surface area contributed by atoms with Crippen molar-refractivity contribution in [1.29, 1.82) is 0 Å². The molecule has 11 heteroatoms. The Bertz CT molecular complexity index is 1050. The molecule has 0 spiro atoms. The Labute approximate surface area is 206 Å². The highest BCUT2D eigenvalue weighted by Gasteiger charge is 2.65. The van der Waals surface area contributed by atoms with Gasteiger partial charge in [-0.15, -0.1) is 0 Å². The summed E-state index contributed by atoms with van der Waals surface area (Å²) in [6, 6.07) is 10.6. The molecule has 1 unspecified atom stereocenters. The van der Waals surface area contributed by atoms with Crippen molar-refractivity contribution in [1.82, 2.24) is 10.2 Å². The number of ether oxygens (including phenoxy) is 4. The third-order valence-electron chi connectivity index (χ3n) is 6.01. The number of alkyl halides is 4. The number of benzene rings is 2. The Morgan fingerprint density at radius 1 is 1.00 bits per heavy atom. The summed E-state index contributed by atoms with van der Waals surface area (Å²) in [7, 11) is 1.57. The Balaban J connectivity index is 1.37. The van der Waals surface area contributed by atoms with Gasteiger partial charge in [-0.05, 0) is 74.3 Å². The summed E-state index contributed by atoms with van der Waals surface area (Å²) in [5, 5.41) is 2.99. The average molecular weight is 513 g/mol. The first-order valence-electron chi connectivity index (χ1n) is 11.7. The summed E-state index contributed by atoms with van der Waals surface area (Å²) < 4.78 is 73.2.